The summed E-state index contributed by atoms with van der Waals surface area (Å²) in [5, 5.41) is 2.41. The lowest BCUT2D eigenvalue weighted by Gasteiger charge is -2.14. The van der Waals surface area contributed by atoms with Crippen LogP contribution in [0.4, 0.5) is 18.9 Å². The van der Waals surface area contributed by atoms with Crippen LogP contribution >= 0.6 is 0 Å². The Hall–Kier alpha value is -3.03. The smallest absolute Gasteiger partial charge is 0.387 e. The number of amides is 1. The number of halogens is 3. The van der Waals surface area contributed by atoms with Crippen molar-refractivity contribution < 1.29 is 32.2 Å². The fourth-order valence-corrected chi connectivity index (χ4v) is 1.86. The van der Waals surface area contributed by atoms with Crippen molar-refractivity contribution in [2.45, 2.75) is 19.6 Å². The van der Waals surface area contributed by atoms with Gasteiger partial charge >= 0.3 is 12.6 Å². The zero-order valence-corrected chi connectivity index (χ0v) is 13.0. The molecule has 0 unspecified atom stereocenters. The molecule has 8 heteroatoms. The third-order valence-electron chi connectivity index (χ3n) is 3.06. The lowest BCUT2D eigenvalue weighted by Crippen LogP contribution is -2.30. The first kappa shape index (κ1) is 18.3. The van der Waals surface area contributed by atoms with Crippen molar-refractivity contribution in [2.24, 2.45) is 0 Å². The molecule has 0 fully saturated rings. The highest BCUT2D eigenvalue weighted by molar-refractivity contribution is 5.97. The van der Waals surface area contributed by atoms with Crippen LogP contribution in [0.25, 0.3) is 0 Å². The normalized spacial score (nSPS) is 11.7. The molecule has 0 heterocycles. The van der Waals surface area contributed by atoms with E-state index in [1.165, 1.54) is 49.4 Å². The second kappa shape index (κ2) is 8.18. The van der Waals surface area contributed by atoms with Crippen LogP contribution in [-0.4, -0.2) is 24.6 Å². The van der Waals surface area contributed by atoms with Crippen LogP contribution in [0.1, 0.15) is 17.3 Å². The van der Waals surface area contributed by atoms with Gasteiger partial charge in [0.1, 0.15) is 11.6 Å². The lowest BCUT2D eigenvalue weighted by atomic mass is 10.2. The van der Waals surface area contributed by atoms with Crippen LogP contribution in [0.2, 0.25) is 0 Å². The zero-order valence-electron chi connectivity index (χ0n) is 13.0. The molecule has 0 radical (unpaired) electrons. The van der Waals surface area contributed by atoms with Crippen LogP contribution in [0.15, 0.2) is 48.5 Å². The Morgan fingerprint density at radius 2 is 1.76 bits per heavy atom. The van der Waals surface area contributed by atoms with Crippen molar-refractivity contribution in [3.8, 4) is 5.75 Å². The Morgan fingerprint density at radius 3 is 2.36 bits per heavy atom. The molecular formula is C17H14F3NO4. The topological polar surface area (TPSA) is 64.6 Å². The van der Waals surface area contributed by atoms with E-state index in [1.54, 1.807) is 0 Å². The van der Waals surface area contributed by atoms with Crippen molar-refractivity contribution >= 4 is 17.6 Å². The first-order valence-electron chi connectivity index (χ1n) is 7.17. The number of carbonyl (C=O) groups is 2. The molecule has 2 aromatic carbocycles. The monoisotopic (exact) mass is 353 g/mol. The molecule has 1 N–H and O–H groups in total. The average Bonchev–Trinajstić information content (AvgIpc) is 2.54. The van der Waals surface area contributed by atoms with Gasteiger partial charge in [-0.15, -0.1) is 0 Å². The van der Waals surface area contributed by atoms with Crippen LogP contribution in [0.3, 0.4) is 0 Å². The van der Waals surface area contributed by atoms with E-state index in [1.807, 2.05) is 0 Å². The van der Waals surface area contributed by atoms with E-state index in [4.69, 9.17) is 4.74 Å². The summed E-state index contributed by atoms with van der Waals surface area (Å²) in [5.74, 6) is -2.08. The first-order valence-corrected chi connectivity index (χ1v) is 7.17. The van der Waals surface area contributed by atoms with Gasteiger partial charge in [0.25, 0.3) is 5.91 Å². The fraction of sp³-hybridized carbons (Fsp3) is 0.176. The maximum absolute atomic E-state index is 13.1. The number of rotatable bonds is 6. The minimum absolute atomic E-state index is 0.0621. The molecule has 2 aromatic rings. The zero-order chi connectivity index (χ0) is 18.4. The van der Waals surface area contributed by atoms with E-state index in [0.717, 1.165) is 6.07 Å². The van der Waals surface area contributed by atoms with Gasteiger partial charge < -0.3 is 14.8 Å². The van der Waals surface area contributed by atoms with Crippen LogP contribution < -0.4 is 10.1 Å². The summed E-state index contributed by atoms with van der Waals surface area (Å²) in [6.07, 6.45) is -1.15. The summed E-state index contributed by atoms with van der Waals surface area (Å²) in [4.78, 5) is 23.9. The third kappa shape index (κ3) is 5.52. The van der Waals surface area contributed by atoms with Gasteiger partial charge in [0.15, 0.2) is 6.10 Å². The van der Waals surface area contributed by atoms with E-state index < -0.39 is 30.4 Å². The van der Waals surface area contributed by atoms with Crippen LogP contribution in [0, 0.1) is 5.82 Å². The Labute approximate surface area is 141 Å². The minimum atomic E-state index is -2.97. The molecule has 1 amide bonds. The highest BCUT2D eigenvalue weighted by atomic mass is 19.3. The van der Waals surface area contributed by atoms with Crippen LogP contribution in [0.5, 0.6) is 5.75 Å². The fourth-order valence-electron chi connectivity index (χ4n) is 1.86. The average molecular weight is 353 g/mol. The van der Waals surface area contributed by atoms with Gasteiger partial charge in [-0.25, -0.2) is 9.18 Å². The number of nitrogens with one attached hydrogen (secondary N) is 1. The molecule has 0 spiro atoms. The predicted octanol–water partition coefficient (Wildman–Crippen LogP) is 3.61. The quantitative estimate of drug-likeness (QED) is 0.806. The van der Waals surface area contributed by atoms with Gasteiger partial charge in [-0.1, -0.05) is 6.07 Å². The van der Waals surface area contributed by atoms with Gasteiger partial charge in [0.2, 0.25) is 0 Å². The third-order valence-corrected chi connectivity index (χ3v) is 3.06. The predicted molar refractivity (Wildman–Crippen MR) is 83.0 cm³/mol. The van der Waals surface area contributed by atoms with Crippen molar-refractivity contribution in [2.75, 3.05) is 5.32 Å². The molecule has 0 aliphatic heterocycles. The Balaban J connectivity index is 1.93. The van der Waals surface area contributed by atoms with E-state index >= 15 is 0 Å². The molecule has 1 atom stereocenters. The number of carbonyl (C=O) groups excluding carboxylic acids is 2. The molecule has 0 bridgehead atoms. The van der Waals surface area contributed by atoms with Gasteiger partial charge in [0.05, 0.1) is 5.56 Å². The number of hydrogen-bond donors (Lipinski definition) is 1. The Kier molecular flexibility index (Phi) is 5.99. The SMILES string of the molecule is C[C@H](OC(=O)c1ccc(OC(F)F)cc1)C(=O)Nc1cccc(F)c1. The van der Waals surface area contributed by atoms with Crippen molar-refractivity contribution in [3.63, 3.8) is 0 Å². The number of benzene rings is 2. The summed E-state index contributed by atoms with van der Waals surface area (Å²) < 4.78 is 46.3. The first-order chi connectivity index (χ1) is 11.8. The number of hydrogen-bond acceptors (Lipinski definition) is 4. The lowest BCUT2D eigenvalue weighted by molar-refractivity contribution is -0.123. The van der Waals surface area contributed by atoms with Crippen LogP contribution in [-0.2, 0) is 9.53 Å². The number of alkyl halides is 2. The standard InChI is InChI=1S/C17H14F3NO4/c1-10(15(22)21-13-4-2-3-12(18)9-13)24-16(23)11-5-7-14(8-6-11)25-17(19)20/h2-10,17H,1H3,(H,21,22)/t10-/m0/s1. The molecule has 5 nitrogen and oxygen atoms in total. The molecule has 0 aromatic heterocycles. The maximum atomic E-state index is 13.1. The van der Waals surface area contributed by atoms with Gasteiger partial charge in [-0.3, -0.25) is 4.79 Å². The Morgan fingerprint density at radius 1 is 1.08 bits per heavy atom. The van der Waals surface area contributed by atoms with Gasteiger partial charge in [0, 0.05) is 5.69 Å². The largest absolute Gasteiger partial charge is 0.449 e. The van der Waals surface area contributed by atoms with Crippen molar-refractivity contribution in [1.29, 1.82) is 0 Å². The second-order valence-corrected chi connectivity index (χ2v) is 4.95. The van der Waals surface area contributed by atoms with Gasteiger partial charge in [-0.05, 0) is 49.4 Å². The number of esters is 1. The molecule has 0 aliphatic carbocycles. The van der Waals surface area contributed by atoms with E-state index in [-0.39, 0.29) is 17.0 Å². The Bertz CT molecular complexity index is 750. The summed E-state index contributed by atoms with van der Waals surface area (Å²) in [6, 6.07) is 10.1. The maximum Gasteiger partial charge on any atom is 0.387 e. The molecular weight excluding hydrogens is 339 g/mol. The minimum Gasteiger partial charge on any atom is -0.449 e. The highest BCUT2D eigenvalue weighted by Crippen LogP contribution is 2.16. The molecule has 0 saturated carbocycles. The summed E-state index contributed by atoms with van der Waals surface area (Å²) in [5.41, 5.74) is 0.286. The van der Waals surface area contributed by atoms with Gasteiger partial charge in [-0.2, -0.15) is 8.78 Å². The van der Waals surface area contributed by atoms with Crippen molar-refractivity contribution in [1.82, 2.24) is 0 Å². The number of ether oxygens (including phenoxy) is 2. The molecule has 2 rings (SSSR count). The molecule has 0 saturated heterocycles. The summed E-state index contributed by atoms with van der Waals surface area (Å²) in [6.45, 7) is -1.62. The summed E-state index contributed by atoms with van der Waals surface area (Å²) >= 11 is 0. The molecule has 132 valence electrons. The van der Waals surface area contributed by atoms with E-state index in [2.05, 4.69) is 10.1 Å². The summed E-state index contributed by atoms with van der Waals surface area (Å²) in [7, 11) is 0. The molecule has 0 aliphatic rings. The van der Waals surface area contributed by atoms with E-state index in [9.17, 15) is 22.8 Å². The second-order valence-electron chi connectivity index (χ2n) is 4.95. The van der Waals surface area contributed by atoms with E-state index in [0.29, 0.717) is 0 Å². The number of anilines is 1. The highest BCUT2D eigenvalue weighted by Gasteiger charge is 2.19. The van der Waals surface area contributed by atoms with Crippen molar-refractivity contribution in [3.05, 3.63) is 59.9 Å². The molecule has 25 heavy (non-hydrogen) atoms.